The molecule has 2 aromatic rings. The molecule has 11 nitrogen and oxygen atoms in total. The van der Waals surface area contributed by atoms with Crippen LogP contribution in [0.5, 0.6) is 5.88 Å². The molecule has 4 heterocycles. The average molecular weight is 642 g/mol. The summed E-state index contributed by atoms with van der Waals surface area (Å²) >= 11 is 0. The quantitative estimate of drug-likeness (QED) is 0.429. The van der Waals surface area contributed by atoms with E-state index >= 15 is 0 Å². The van der Waals surface area contributed by atoms with Gasteiger partial charge in [-0.3, -0.25) is 19.5 Å². The Kier molecular flexibility index (Phi) is 10.8. The molecular weight excluding hydrogens is 593 g/mol. The molecule has 0 radical (unpaired) electrons. The molecule has 12 heteroatoms. The van der Waals surface area contributed by atoms with E-state index in [1.165, 1.54) is 12.1 Å². The van der Waals surface area contributed by atoms with Crippen molar-refractivity contribution in [1.29, 1.82) is 0 Å². The maximum atomic E-state index is 14.4. The summed E-state index contributed by atoms with van der Waals surface area (Å²) in [5, 5.41) is 0. The van der Waals surface area contributed by atoms with Crippen LogP contribution in [0.3, 0.4) is 0 Å². The number of aromatic nitrogens is 1. The van der Waals surface area contributed by atoms with Gasteiger partial charge in [0, 0.05) is 57.6 Å². The molecule has 0 unspecified atom stereocenters. The van der Waals surface area contributed by atoms with Crippen LogP contribution in [0.15, 0.2) is 36.5 Å². The number of pyridine rings is 1. The fourth-order valence-electron chi connectivity index (χ4n) is 6.40. The van der Waals surface area contributed by atoms with Crippen LogP contribution in [0.4, 0.5) is 14.9 Å². The second-order valence-electron chi connectivity index (χ2n) is 13.6. The number of nitrogens with zero attached hydrogens (tertiary/aromatic N) is 5. The number of carbonyl (C=O) groups excluding carboxylic acids is 2. The molecule has 3 aliphatic rings. The lowest BCUT2D eigenvalue weighted by Crippen LogP contribution is -2.65. The van der Waals surface area contributed by atoms with Crippen molar-refractivity contribution in [3.8, 4) is 5.88 Å². The Morgan fingerprint density at radius 3 is 2.48 bits per heavy atom. The molecule has 252 valence electrons. The minimum atomic E-state index is -0.609. The fraction of sp³-hybridized carbons (Fsp3) is 0.618. The number of anilines is 1. The number of carbonyl (C=O) groups is 2. The largest absolute Gasteiger partial charge is 0.474 e. The van der Waals surface area contributed by atoms with Gasteiger partial charge in [-0.15, -0.1) is 0 Å². The first-order chi connectivity index (χ1) is 21.9. The summed E-state index contributed by atoms with van der Waals surface area (Å²) in [6.07, 6.45) is 1.92. The van der Waals surface area contributed by atoms with Gasteiger partial charge in [0.2, 0.25) is 11.8 Å². The third-order valence-electron chi connectivity index (χ3n) is 8.75. The summed E-state index contributed by atoms with van der Waals surface area (Å²) < 4.78 is 36.4. The molecular formula is C34H48FN5O6. The Hall–Kier alpha value is -3.32. The summed E-state index contributed by atoms with van der Waals surface area (Å²) in [7, 11) is 1.61. The van der Waals surface area contributed by atoms with Gasteiger partial charge in [-0.25, -0.2) is 14.2 Å². The molecule has 2 amide bonds. The van der Waals surface area contributed by atoms with Crippen LogP contribution in [0.25, 0.3) is 0 Å². The Balaban J connectivity index is 1.40. The first kappa shape index (κ1) is 34.0. The molecule has 0 aliphatic carbocycles. The summed E-state index contributed by atoms with van der Waals surface area (Å²) in [6, 6.07) is 7.93. The predicted octanol–water partition coefficient (Wildman–Crippen LogP) is 3.58. The molecule has 4 atom stereocenters. The van der Waals surface area contributed by atoms with Crippen molar-refractivity contribution in [2.75, 3.05) is 71.2 Å². The molecule has 5 rings (SSSR count). The van der Waals surface area contributed by atoms with Gasteiger partial charge in [0.15, 0.2) is 0 Å². The molecule has 46 heavy (non-hydrogen) atoms. The van der Waals surface area contributed by atoms with E-state index in [1.54, 1.807) is 35.2 Å². The van der Waals surface area contributed by atoms with Gasteiger partial charge in [0.1, 0.15) is 23.7 Å². The van der Waals surface area contributed by atoms with Gasteiger partial charge < -0.3 is 23.8 Å². The summed E-state index contributed by atoms with van der Waals surface area (Å²) in [4.78, 5) is 40.3. The Morgan fingerprint density at radius 2 is 1.78 bits per heavy atom. The maximum absolute atomic E-state index is 14.4. The van der Waals surface area contributed by atoms with E-state index in [9.17, 15) is 14.0 Å². The van der Waals surface area contributed by atoms with Crippen LogP contribution in [0.1, 0.15) is 45.7 Å². The lowest BCUT2D eigenvalue weighted by Gasteiger charge is -2.48. The number of halogens is 1. The average Bonchev–Trinajstić information content (AvgIpc) is 2.99. The summed E-state index contributed by atoms with van der Waals surface area (Å²) in [5.74, 6) is 0.0122. The lowest BCUT2D eigenvalue weighted by molar-refractivity contribution is -0.123. The molecule has 2 saturated heterocycles. The minimum absolute atomic E-state index is 0.0923. The number of hydrogen-bond donors (Lipinski definition) is 0. The van der Waals surface area contributed by atoms with Gasteiger partial charge in [-0.1, -0.05) is 12.1 Å². The van der Waals surface area contributed by atoms with Crippen molar-refractivity contribution in [3.63, 3.8) is 0 Å². The van der Waals surface area contributed by atoms with Crippen LogP contribution in [-0.4, -0.2) is 128 Å². The van der Waals surface area contributed by atoms with Gasteiger partial charge in [0.25, 0.3) is 0 Å². The van der Waals surface area contributed by atoms with Crippen LogP contribution in [0.2, 0.25) is 0 Å². The van der Waals surface area contributed by atoms with Gasteiger partial charge in [-0.05, 0) is 70.4 Å². The Bertz CT molecular complexity index is 1350. The fourth-order valence-corrected chi connectivity index (χ4v) is 6.40. The van der Waals surface area contributed by atoms with Crippen molar-refractivity contribution >= 4 is 17.7 Å². The number of ether oxygens (including phenoxy) is 4. The lowest BCUT2D eigenvalue weighted by atomic mass is 10.0. The molecule has 1 aromatic heterocycles. The van der Waals surface area contributed by atoms with Crippen LogP contribution in [-0.2, 0) is 25.4 Å². The number of morpholine rings is 1. The first-order valence-electron chi connectivity index (χ1n) is 16.1. The van der Waals surface area contributed by atoms with E-state index in [1.807, 2.05) is 33.8 Å². The smallest absolute Gasteiger partial charge is 0.410 e. The van der Waals surface area contributed by atoms with E-state index in [2.05, 4.69) is 21.7 Å². The molecule has 0 bridgehead atoms. The second-order valence-corrected chi connectivity index (χ2v) is 13.6. The number of amides is 2. The Labute approximate surface area is 271 Å². The Morgan fingerprint density at radius 1 is 1.02 bits per heavy atom. The van der Waals surface area contributed by atoms with Crippen molar-refractivity contribution in [3.05, 3.63) is 53.5 Å². The highest BCUT2D eigenvalue weighted by Gasteiger charge is 2.41. The van der Waals surface area contributed by atoms with Gasteiger partial charge in [0.05, 0.1) is 32.4 Å². The highest BCUT2D eigenvalue weighted by molar-refractivity contribution is 5.97. The summed E-state index contributed by atoms with van der Waals surface area (Å²) in [5.41, 5.74) is 1.80. The molecule has 0 N–H and O–H groups in total. The van der Waals surface area contributed by atoms with Crippen LogP contribution >= 0.6 is 0 Å². The molecule has 3 aliphatic heterocycles. The predicted molar refractivity (Wildman–Crippen MR) is 172 cm³/mol. The summed E-state index contributed by atoms with van der Waals surface area (Å²) in [6.45, 7) is 14.2. The van der Waals surface area contributed by atoms with Crippen molar-refractivity contribution in [2.45, 2.75) is 70.8 Å². The van der Waals surface area contributed by atoms with Crippen LogP contribution < -0.4 is 9.64 Å². The number of rotatable bonds is 8. The highest BCUT2D eigenvalue weighted by Crippen LogP contribution is 2.34. The third kappa shape index (κ3) is 8.33. The van der Waals surface area contributed by atoms with E-state index in [-0.39, 0.29) is 55.1 Å². The molecule has 1 aromatic carbocycles. The zero-order chi connectivity index (χ0) is 33.0. The molecule has 0 saturated carbocycles. The SMILES string of the molecule is COC[C@H]1COc2ncc(Cc3ccc(F)cc3)cc2N1C(=O)CN1C[C@@H](C)N(C(=O)OC(C)(C)C)C[C@@H]1CN1CCOC[C@H]1C. The zero-order valence-electron chi connectivity index (χ0n) is 27.9. The number of methoxy groups -OCH3 is 1. The third-order valence-corrected chi connectivity index (χ3v) is 8.75. The van der Waals surface area contributed by atoms with Crippen molar-refractivity contribution in [1.82, 2.24) is 19.7 Å². The second kappa shape index (κ2) is 14.6. The molecule has 2 fully saturated rings. The topological polar surface area (TPSA) is 96.9 Å². The number of benzene rings is 1. The highest BCUT2D eigenvalue weighted by atomic mass is 19.1. The van der Waals surface area contributed by atoms with E-state index in [0.717, 1.165) is 17.7 Å². The normalized spacial score (nSPS) is 24.3. The van der Waals surface area contributed by atoms with E-state index < -0.39 is 5.60 Å². The monoisotopic (exact) mass is 641 g/mol. The van der Waals surface area contributed by atoms with Crippen molar-refractivity contribution in [2.24, 2.45) is 0 Å². The van der Waals surface area contributed by atoms with Crippen molar-refractivity contribution < 1.29 is 32.9 Å². The van der Waals surface area contributed by atoms with E-state index in [4.69, 9.17) is 18.9 Å². The standard InChI is InChI=1S/C34H48FN5O6/c1-23-16-38(28(17-37-11-12-44-20-24(37)2)18-39(23)33(42)46-34(3,4)5)19-31(41)40-29(21-43-6)22-45-32-30(40)14-26(15-36-32)13-25-7-9-27(35)10-8-25/h7-10,14-15,23-24,28-29H,11-13,16-22H2,1-6H3/t23-,24-,28+,29+/m1/s1. The zero-order valence-corrected chi connectivity index (χ0v) is 27.9. The maximum Gasteiger partial charge on any atom is 0.410 e. The number of fused-ring (bicyclic) bond motifs is 1. The van der Waals surface area contributed by atoms with Gasteiger partial charge >= 0.3 is 6.09 Å². The number of piperazine rings is 1. The van der Waals surface area contributed by atoms with Crippen LogP contribution in [0, 0.1) is 5.82 Å². The van der Waals surface area contributed by atoms with Gasteiger partial charge in [-0.2, -0.15) is 0 Å². The van der Waals surface area contributed by atoms with E-state index in [0.29, 0.717) is 57.4 Å². The minimum Gasteiger partial charge on any atom is -0.474 e. The first-order valence-corrected chi connectivity index (χ1v) is 16.1. The molecule has 0 spiro atoms. The number of hydrogen-bond acceptors (Lipinski definition) is 9.